The lowest BCUT2D eigenvalue weighted by atomic mass is 9.94. The number of fused-ring (bicyclic) bond motifs is 1. The first kappa shape index (κ1) is 8.26. The van der Waals surface area contributed by atoms with Gasteiger partial charge in [0.1, 0.15) is 0 Å². The van der Waals surface area contributed by atoms with Gasteiger partial charge in [0.05, 0.1) is 11.2 Å². The van der Waals surface area contributed by atoms with Crippen molar-refractivity contribution in [2.24, 2.45) is 0 Å². The number of halogens is 1. The van der Waals surface area contributed by atoms with E-state index in [9.17, 15) is 0 Å². The molecule has 2 heterocycles. The van der Waals surface area contributed by atoms with Gasteiger partial charge in [0.15, 0.2) is 4.73 Å². The zero-order valence-corrected chi connectivity index (χ0v) is 8.83. The Bertz CT molecular complexity index is 303. The summed E-state index contributed by atoms with van der Waals surface area (Å²) in [6.07, 6.45) is 1.04. The largest absolute Gasteiger partial charge is 0.336 e. The highest BCUT2D eigenvalue weighted by atomic mass is 79.9. The van der Waals surface area contributed by atoms with Gasteiger partial charge in [-0.15, -0.1) is 0 Å². The monoisotopic (exact) mass is 229 g/mol. The molecule has 2 rings (SSSR count). The first-order valence-electron chi connectivity index (χ1n) is 4.09. The Morgan fingerprint density at radius 3 is 2.92 bits per heavy atom. The SMILES string of the molecule is CC1(C)NCCc2[nH]c(Br)nc21. The molecule has 0 bridgehead atoms. The summed E-state index contributed by atoms with van der Waals surface area (Å²) in [7, 11) is 0. The standard InChI is InChI=1S/C8H12BrN3/c1-8(2)6-5(3-4-10-8)11-7(9)12-6/h10H,3-4H2,1-2H3,(H,11,12). The quantitative estimate of drug-likeness (QED) is 0.709. The van der Waals surface area contributed by atoms with Crippen molar-refractivity contribution in [1.29, 1.82) is 0 Å². The van der Waals surface area contributed by atoms with E-state index < -0.39 is 0 Å². The fourth-order valence-electron chi connectivity index (χ4n) is 1.66. The lowest BCUT2D eigenvalue weighted by molar-refractivity contribution is 0.371. The molecule has 0 aliphatic carbocycles. The van der Waals surface area contributed by atoms with Gasteiger partial charge in [-0.2, -0.15) is 0 Å². The number of hydrogen-bond acceptors (Lipinski definition) is 2. The molecule has 0 aromatic carbocycles. The molecule has 0 unspecified atom stereocenters. The summed E-state index contributed by atoms with van der Waals surface area (Å²) in [5, 5.41) is 3.42. The molecule has 0 amide bonds. The molecule has 0 atom stereocenters. The Morgan fingerprint density at radius 1 is 1.50 bits per heavy atom. The predicted octanol–water partition coefficient (Wildman–Crippen LogP) is 1.55. The van der Waals surface area contributed by atoms with E-state index in [0.717, 1.165) is 23.4 Å². The molecule has 1 aromatic rings. The average Bonchev–Trinajstić information content (AvgIpc) is 2.30. The van der Waals surface area contributed by atoms with Crippen molar-refractivity contribution in [1.82, 2.24) is 15.3 Å². The molecule has 0 saturated heterocycles. The van der Waals surface area contributed by atoms with Crippen LogP contribution in [-0.2, 0) is 12.0 Å². The Morgan fingerprint density at radius 2 is 2.25 bits per heavy atom. The smallest absolute Gasteiger partial charge is 0.174 e. The fourth-order valence-corrected chi connectivity index (χ4v) is 2.08. The third-order valence-electron chi connectivity index (χ3n) is 2.28. The number of aromatic nitrogens is 2. The molecule has 3 nitrogen and oxygen atoms in total. The van der Waals surface area contributed by atoms with Crippen LogP contribution in [0.5, 0.6) is 0 Å². The maximum atomic E-state index is 4.40. The van der Waals surface area contributed by atoms with Gasteiger partial charge in [-0.1, -0.05) is 0 Å². The van der Waals surface area contributed by atoms with Gasteiger partial charge >= 0.3 is 0 Å². The molecule has 1 aromatic heterocycles. The van der Waals surface area contributed by atoms with Gasteiger partial charge in [0, 0.05) is 18.7 Å². The summed E-state index contributed by atoms with van der Waals surface area (Å²) in [6.45, 7) is 5.32. The molecule has 0 fully saturated rings. The zero-order chi connectivity index (χ0) is 8.77. The van der Waals surface area contributed by atoms with Gasteiger partial charge in [0.25, 0.3) is 0 Å². The van der Waals surface area contributed by atoms with Crippen molar-refractivity contribution in [2.45, 2.75) is 25.8 Å². The summed E-state index contributed by atoms with van der Waals surface area (Å²) in [5.74, 6) is 0. The number of aromatic amines is 1. The number of imidazole rings is 1. The first-order valence-corrected chi connectivity index (χ1v) is 4.89. The highest BCUT2D eigenvalue weighted by Crippen LogP contribution is 2.26. The van der Waals surface area contributed by atoms with Crippen molar-refractivity contribution in [2.75, 3.05) is 6.54 Å². The highest BCUT2D eigenvalue weighted by Gasteiger charge is 2.29. The minimum absolute atomic E-state index is 0.0100. The molecular formula is C8H12BrN3. The van der Waals surface area contributed by atoms with E-state index in [1.165, 1.54) is 5.69 Å². The van der Waals surface area contributed by atoms with Crippen LogP contribution in [0.15, 0.2) is 4.73 Å². The molecule has 2 N–H and O–H groups in total. The van der Waals surface area contributed by atoms with E-state index in [4.69, 9.17) is 0 Å². The average molecular weight is 230 g/mol. The van der Waals surface area contributed by atoms with Crippen molar-refractivity contribution in [3.8, 4) is 0 Å². The molecular weight excluding hydrogens is 218 g/mol. The summed E-state index contributed by atoms with van der Waals surface area (Å²) in [5.41, 5.74) is 2.40. The number of H-pyrrole nitrogens is 1. The van der Waals surface area contributed by atoms with Crippen LogP contribution in [0.25, 0.3) is 0 Å². The predicted molar refractivity (Wildman–Crippen MR) is 51.0 cm³/mol. The molecule has 1 aliphatic rings. The van der Waals surface area contributed by atoms with E-state index in [1.54, 1.807) is 0 Å². The Balaban J connectivity index is 2.51. The van der Waals surface area contributed by atoms with E-state index in [2.05, 4.69) is 45.1 Å². The first-order chi connectivity index (χ1) is 5.59. The van der Waals surface area contributed by atoms with Crippen LogP contribution in [0.4, 0.5) is 0 Å². The van der Waals surface area contributed by atoms with Gasteiger partial charge in [-0.3, -0.25) is 0 Å². The van der Waals surface area contributed by atoms with Crippen LogP contribution >= 0.6 is 15.9 Å². The minimum atomic E-state index is 0.0100. The van der Waals surface area contributed by atoms with Crippen molar-refractivity contribution < 1.29 is 0 Å². The maximum Gasteiger partial charge on any atom is 0.174 e. The molecule has 1 aliphatic heterocycles. The van der Waals surface area contributed by atoms with E-state index >= 15 is 0 Å². The number of rotatable bonds is 0. The molecule has 12 heavy (non-hydrogen) atoms. The fraction of sp³-hybridized carbons (Fsp3) is 0.625. The van der Waals surface area contributed by atoms with Gasteiger partial charge < -0.3 is 10.3 Å². The lowest BCUT2D eigenvalue weighted by Gasteiger charge is -2.29. The minimum Gasteiger partial charge on any atom is -0.336 e. The topological polar surface area (TPSA) is 40.7 Å². The second-order valence-corrected chi connectivity index (χ2v) is 4.41. The number of nitrogens with zero attached hydrogens (tertiary/aromatic N) is 1. The Hall–Kier alpha value is -0.350. The van der Waals surface area contributed by atoms with Crippen LogP contribution in [0.2, 0.25) is 0 Å². The Kier molecular flexibility index (Phi) is 1.77. The van der Waals surface area contributed by atoms with Crippen LogP contribution < -0.4 is 5.32 Å². The van der Waals surface area contributed by atoms with E-state index in [-0.39, 0.29) is 5.54 Å². The van der Waals surface area contributed by atoms with Gasteiger partial charge in [0.2, 0.25) is 0 Å². The molecule has 0 saturated carbocycles. The summed E-state index contributed by atoms with van der Waals surface area (Å²) < 4.78 is 0.837. The van der Waals surface area contributed by atoms with E-state index in [1.807, 2.05) is 0 Å². The second kappa shape index (κ2) is 2.57. The molecule has 0 spiro atoms. The van der Waals surface area contributed by atoms with Crippen LogP contribution in [-0.4, -0.2) is 16.5 Å². The van der Waals surface area contributed by atoms with Gasteiger partial charge in [-0.05, 0) is 29.8 Å². The maximum absolute atomic E-state index is 4.40. The zero-order valence-electron chi connectivity index (χ0n) is 7.24. The Labute approximate surface area is 80.1 Å². The third-order valence-corrected chi connectivity index (χ3v) is 2.66. The van der Waals surface area contributed by atoms with Crippen molar-refractivity contribution >= 4 is 15.9 Å². The summed E-state index contributed by atoms with van der Waals surface area (Å²) >= 11 is 3.35. The molecule has 4 heteroatoms. The highest BCUT2D eigenvalue weighted by molar-refractivity contribution is 9.10. The number of hydrogen-bond donors (Lipinski definition) is 2. The normalized spacial score (nSPS) is 20.6. The summed E-state index contributed by atoms with van der Waals surface area (Å²) in [6, 6.07) is 0. The molecule has 0 radical (unpaired) electrons. The van der Waals surface area contributed by atoms with E-state index in [0.29, 0.717) is 0 Å². The van der Waals surface area contributed by atoms with Crippen LogP contribution in [0.1, 0.15) is 25.2 Å². The number of nitrogens with one attached hydrogen (secondary N) is 2. The van der Waals surface area contributed by atoms with Crippen LogP contribution in [0.3, 0.4) is 0 Å². The third kappa shape index (κ3) is 1.19. The second-order valence-electron chi connectivity index (χ2n) is 3.66. The van der Waals surface area contributed by atoms with Crippen LogP contribution in [0, 0.1) is 0 Å². The lowest BCUT2D eigenvalue weighted by Crippen LogP contribution is -2.42. The summed E-state index contributed by atoms with van der Waals surface area (Å²) in [4.78, 5) is 7.62. The molecule has 66 valence electrons. The van der Waals surface area contributed by atoms with Gasteiger partial charge in [-0.25, -0.2) is 4.98 Å². The van der Waals surface area contributed by atoms with Crippen molar-refractivity contribution in [3.05, 3.63) is 16.1 Å². The van der Waals surface area contributed by atoms with Crippen molar-refractivity contribution in [3.63, 3.8) is 0 Å².